The lowest BCUT2D eigenvalue weighted by Crippen LogP contribution is -2.64. The van der Waals surface area contributed by atoms with Gasteiger partial charge in [0.15, 0.2) is 6.29 Å². The average Bonchev–Trinajstić information content (AvgIpc) is 2.74. The quantitative estimate of drug-likeness (QED) is 0.250. The van der Waals surface area contributed by atoms with Crippen LogP contribution in [0.1, 0.15) is 5.56 Å². The number of hydrogen-bond acceptors (Lipinski definition) is 11. The van der Waals surface area contributed by atoms with Gasteiger partial charge in [-0.05, 0) is 19.1 Å². The molecule has 2 aliphatic heterocycles. The van der Waals surface area contributed by atoms with Gasteiger partial charge in [0.1, 0.15) is 54.3 Å². The molecule has 170 valence electrons. The van der Waals surface area contributed by atoms with Gasteiger partial charge in [-0.15, -0.1) is 0 Å². The Hall–Kier alpha value is -0.830. The summed E-state index contributed by atoms with van der Waals surface area (Å²) in [5, 5.41) is 70.1. The van der Waals surface area contributed by atoms with Crippen molar-refractivity contribution in [3.63, 3.8) is 0 Å². The van der Waals surface area contributed by atoms with Crippen molar-refractivity contribution in [2.75, 3.05) is 13.2 Å². The van der Waals surface area contributed by atoms with Gasteiger partial charge in [0.2, 0.25) is 0 Å². The van der Waals surface area contributed by atoms with Crippen LogP contribution in [0.5, 0.6) is 0 Å². The van der Waals surface area contributed by atoms with E-state index in [2.05, 4.69) is 0 Å². The van der Waals surface area contributed by atoms with Crippen LogP contribution >= 0.6 is 11.8 Å². The van der Waals surface area contributed by atoms with E-state index in [4.69, 9.17) is 14.2 Å². The Morgan fingerprint density at radius 3 is 2.03 bits per heavy atom. The fourth-order valence-corrected chi connectivity index (χ4v) is 4.46. The number of thioether (sulfide) groups is 1. The Kier molecular flexibility index (Phi) is 8.09. The molecule has 10 nitrogen and oxygen atoms in total. The summed E-state index contributed by atoms with van der Waals surface area (Å²) in [4.78, 5) is 0.793. The average molecular weight is 448 g/mol. The van der Waals surface area contributed by atoms with Crippen molar-refractivity contribution in [3.8, 4) is 0 Å². The third kappa shape index (κ3) is 4.97. The zero-order chi connectivity index (χ0) is 22.0. The first-order valence-electron chi connectivity index (χ1n) is 9.58. The zero-order valence-corrected chi connectivity index (χ0v) is 17.1. The minimum absolute atomic E-state index is 0.559. The lowest BCUT2D eigenvalue weighted by Gasteiger charge is -2.46. The van der Waals surface area contributed by atoms with E-state index in [-0.39, 0.29) is 0 Å². The Morgan fingerprint density at radius 2 is 1.43 bits per heavy atom. The van der Waals surface area contributed by atoms with Gasteiger partial charge in [0.25, 0.3) is 0 Å². The molecular formula is C19H28O10S. The molecule has 2 saturated heterocycles. The highest BCUT2D eigenvalue weighted by molar-refractivity contribution is 7.99. The van der Waals surface area contributed by atoms with E-state index in [1.165, 1.54) is 11.8 Å². The molecule has 7 N–H and O–H groups in total. The van der Waals surface area contributed by atoms with E-state index in [0.717, 1.165) is 10.5 Å². The number of aliphatic hydroxyl groups is 7. The lowest BCUT2D eigenvalue weighted by molar-refractivity contribution is -0.338. The van der Waals surface area contributed by atoms with Crippen LogP contribution in [0.15, 0.2) is 29.2 Å². The summed E-state index contributed by atoms with van der Waals surface area (Å²) in [5.74, 6) is 0. The van der Waals surface area contributed by atoms with Crippen molar-refractivity contribution in [3.05, 3.63) is 29.8 Å². The highest BCUT2D eigenvalue weighted by Crippen LogP contribution is 2.35. The van der Waals surface area contributed by atoms with Gasteiger partial charge in [0.05, 0.1) is 13.2 Å². The predicted octanol–water partition coefficient (Wildman–Crippen LogP) is -2.29. The van der Waals surface area contributed by atoms with Crippen LogP contribution in [-0.4, -0.2) is 110 Å². The van der Waals surface area contributed by atoms with Gasteiger partial charge >= 0.3 is 0 Å². The molecule has 0 saturated carbocycles. The van der Waals surface area contributed by atoms with Crippen molar-refractivity contribution in [2.45, 2.75) is 72.4 Å². The van der Waals surface area contributed by atoms with E-state index < -0.39 is 73.8 Å². The normalized spacial score (nSPS) is 42.3. The first kappa shape index (κ1) is 23.8. The second-order valence-electron chi connectivity index (χ2n) is 7.44. The number of hydrogen-bond donors (Lipinski definition) is 7. The second-order valence-corrected chi connectivity index (χ2v) is 8.61. The van der Waals surface area contributed by atoms with Crippen LogP contribution in [-0.2, 0) is 14.2 Å². The highest BCUT2D eigenvalue weighted by atomic mass is 32.2. The third-order valence-corrected chi connectivity index (χ3v) is 6.40. The third-order valence-electron chi connectivity index (χ3n) is 5.23. The van der Waals surface area contributed by atoms with Crippen LogP contribution in [0.3, 0.4) is 0 Å². The summed E-state index contributed by atoms with van der Waals surface area (Å²) >= 11 is 1.17. The minimum atomic E-state index is -1.69. The van der Waals surface area contributed by atoms with Crippen LogP contribution in [0.4, 0.5) is 0 Å². The molecule has 2 fully saturated rings. The van der Waals surface area contributed by atoms with Crippen molar-refractivity contribution in [2.24, 2.45) is 0 Å². The van der Waals surface area contributed by atoms with E-state index in [1.807, 2.05) is 31.2 Å². The van der Waals surface area contributed by atoms with E-state index >= 15 is 0 Å². The Bertz CT molecular complexity index is 672. The maximum absolute atomic E-state index is 10.6. The van der Waals surface area contributed by atoms with Crippen molar-refractivity contribution < 1.29 is 50.0 Å². The summed E-state index contributed by atoms with van der Waals surface area (Å²) in [6, 6.07) is 7.46. The fourth-order valence-electron chi connectivity index (χ4n) is 3.40. The molecule has 0 unspecified atom stereocenters. The van der Waals surface area contributed by atoms with Crippen LogP contribution in [0.2, 0.25) is 0 Å². The molecule has 1 aromatic rings. The topological polar surface area (TPSA) is 169 Å². The number of aryl methyl sites for hydroxylation is 1. The molecule has 0 aromatic heterocycles. The number of ether oxygens (including phenoxy) is 3. The SMILES string of the molecule is Cc1ccc(S[C@@H]2O[C@H](CO)[C@H](O[C@H]3O[C@H](CO)[C@H](O)[C@H](O)[C@H]3O)[C@H](O)[C@H]2O)cc1. The molecular weight excluding hydrogens is 420 g/mol. The van der Waals surface area contributed by atoms with Crippen LogP contribution in [0, 0.1) is 6.92 Å². The molecule has 2 aliphatic rings. The molecule has 0 spiro atoms. The summed E-state index contributed by atoms with van der Waals surface area (Å²) in [6.45, 7) is 0.736. The maximum atomic E-state index is 10.6. The lowest BCUT2D eigenvalue weighted by atomic mass is 9.97. The highest BCUT2D eigenvalue weighted by Gasteiger charge is 2.50. The molecule has 10 atom stereocenters. The molecule has 3 rings (SSSR count). The van der Waals surface area contributed by atoms with Gasteiger partial charge in [-0.25, -0.2) is 0 Å². The molecule has 0 bridgehead atoms. The molecule has 11 heteroatoms. The Morgan fingerprint density at radius 1 is 0.800 bits per heavy atom. The zero-order valence-electron chi connectivity index (χ0n) is 16.3. The van der Waals surface area contributed by atoms with E-state index in [1.54, 1.807) is 0 Å². The fraction of sp³-hybridized carbons (Fsp3) is 0.684. The second kappa shape index (κ2) is 10.2. The number of benzene rings is 1. The molecule has 0 radical (unpaired) electrons. The van der Waals surface area contributed by atoms with Gasteiger partial charge < -0.3 is 50.0 Å². The number of rotatable bonds is 6. The maximum Gasteiger partial charge on any atom is 0.187 e. The van der Waals surface area contributed by atoms with Gasteiger partial charge in [-0.1, -0.05) is 29.5 Å². The largest absolute Gasteiger partial charge is 0.394 e. The predicted molar refractivity (Wildman–Crippen MR) is 103 cm³/mol. The minimum Gasteiger partial charge on any atom is -0.394 e. The summed E-state index contributed by atoms with van der Waals surface area (Å²) in [7, 11) is 0. The summed E-state index contributed by atoms with van der Waals surface area (Å²) < 4.78 is 16.5. The first-order valence-corrected chi connectivity index (χ1v) is 10.5. The first-order chi connectivity index (χ1) is 14.3. The molecule has 2 heterocycles. The monoisotopic (exact) mass is 448 g/mol. The van der Waals surface area contributed by atoms with E-state index in [9.17, 15) is 35.7 Å². The Balaban J connectivity index is 1.71. The van der Waals surface area contributed by atoms with Crippen molar-refractivity contribution >= 4 is 11.8 Å². The van der Waals surface area contributed by atoms with Crippen molar-refractivity contribution in [1.82, 2.24) is 0 Å². The molecule has 30 heavy (non-hydrogen) atoms. The van der Waals surface area contributed by atoms with Crippen LogP contribution < -0.4 is 0 Å². The smallest absolute Gasteiger partial charge is 0.187 e. The molecule has 0 amide bonds. The molecule has 0 aliphatic carbocycles. The van der Waals surface area contributed by atoms with Gasteiger partial charge in [0, 0.05) is 4.90 Å². The van der Waals surface area contributed by atoms with Gasteiger partial charge in [-0.2, -0.15) is 0 Å². The standard InChI is InChI=1S/C19H28O10S/c1-8-2-4-9(5-3-8)30-19-16(26)14(24)17(11(7-21)28-19)29-18-15(25)13(23)12(22)10(6-20)27-18/h2-5,10-26H,6-7H2,1H3/t10-,11-,12+,13+,14-,15-,16-,17+,18-,19+/m1/s1. The van der Waals surface area contributed by atoms with Crippen LogP contribution in [0.25, 0.3) is 0 Å². The van der Waals surface area contributed by atoms with Gasteiger partial charge in [-0.3, -0.25) is 0 Å². The van der Waals surface area contributed by atoms with E-state index in [0.29, 0.717) is 0 Å². The van der Waals surface area contributed by atoms with Crippen molar-refractivity contribution in [1.29, 1.82) is 0 Å². The Labute approximate surface area is 177 Å². The molecule has 1 aromatic carbocycles. The summed E-state index contributed by atoms with van der Waals surface area (Å²) in [5.41, 5.74) is 0.167. The summed E-state index contributed by atoms with van der Waals surface area (Å²) in [6.07, 6.45) is -12.9. The number of aliphatic hydroxyl groups excluding tert-OH is 7.